The number of nitrogens with zero attached hydrogens (tertiary/aromatic N) is 2. The highest BCUT2D eigenvalue weighted by Crippen LogP contribution is 2.55. The van der Waals surface area contributed by atoms with Crippen molar-refractivity contribution in [3.8, 4) is 22.3 Å². The quantitative estimate of drug-likeness (QED) is 0.147. The van der Waals surface area contributed by atoms with Crippen molar-refractivity contribution in [2.24, 2.45) is 0 Å². The summed E-state index contributed by atoms with van der Waals surface area (Å²) in [6, 6.07) is 85.2. The van der Waals surface area contributed by atoms with Crippen LogP contribution < -0.4 is 9.80 Å². The normalized spacial score (nSPS) is 13.7. The van der Waals surface area contributed by atoms with Gasteiger partial charge in [-0.15, -0.1) is 0 Å². The van der Waals surface area contributed by atoms with E-state index in [4.69, 9.17) is 0 Å². The molecule has 11 aromatic carbocycles. The molecule has 0 bridgehead atoms. The zero-order chi connectivity index (χ0) is 44.6. The lowest BCUT2D eigenvalue weighted by Crippen LogP contribution is -2.43. The molecule has 0 radical (unpaired) electrons. The van der Waals surface area contributed by atoms with Gasteiger partial charge in [-0.1, -0.05) is 185 Å². The second kappa shape index (κ2) is 15.4. The number of fused-ring (bicyclic) bond motifs is 9. The van der Waals surface area contributed by atoms with Crippen molar-refractivity contribution < 1.29 is 0 Å². The zero-order valence-corrected chi connectivity index (χ0v) is 37.8. The average molecular weight is 847 g/mol. The molecule has 66 heavy (non-hydrogen) atoms. The topological polar surface area (TPSA) is 6.48 Å². The molecule has 2 heteroatoms. The van der Waals surface area contributed by atoms with Gasteiger partial charge in [0, 0.05) is 33.8 Å². The highest BCUT2D eigenvalue weighted by molar-refractivity contribution is 6.18. The van der Waals surface area contributed by atoms with Crippen molar-refractivity contribution in [1.29, 1.82) is 0 Å². The zero-order valence-electron chi connectivity index (χ0n) is 37.8. The Labute approximate surface area is 387 Å². The van der Waals surface area contributed by atoms with E-state index in [2.05, 4.69) is 268 Å². The molecular weight excluding hydrogens is 797 g/mol. The first kappa shape index (κ1) is 39.6. The van der Waals surface area contributed by atoms with Gasteiger partial charge in [-0.2, -0.15) is 0 Å². The minimum atomic E-state index is -0.157. The van der Waals surface area contributed by atoms with Gasteiger partial charge in [0.25, 0.3) is 0 Å². The van der Waals surface area contributed by atoms with Gasteiger partial charge in [0.2, 0.25) is 0 Å². The summed E-state index contributed by atoms with van der Waals surface area (Å²) >= 11 is 0. The van der Waals surface area contributed by atoms with Crippen LogP contribution in [-0.2, 0) is 10.8 Å². The third-order valence-electron chi connectivity index (χ3n) is 14.9. The first-order valence-corrected chi connectivity index (χ1v) is 23.2. The van der Waals surface area contributed by atoms with E-state index in [1.807, 2.05) is 0 Å². The van der Waals surface area contributed by atoms with Crippen LogP contribution in [0.25, 0.3) is 65.3 Å². The molecule has 0 aliphatic heterocycles. The van der Waals surface area contributed by atoms with Crippen LogP contribution >= 0.6 is 0 Å². The van der Waals surface area contributed by atoms with E-state index in [0.29, 0.717) is 0 Å². The first-order chi connectivity index (χ1) is 32.3. The van der Waals surface area contributed by atoms with Gasteiger partial charge in [-0.25, -0.2) is 0 Å². The van der Waals surface area contributed by atoms with E-state index in [1.54, 1.807) is 0 Å². The number of rotatable bonds is 7. The van der Waals surface area contributed by atoms with Crippen LogP contribution in [0.3, 0.4) is 0 Å². The van der Waals surface area contributed by atoms with Crippen LogP contribution in [0.15, 0.2) is 231 Å². The lowest BCUT2D eigenvalue weighted by Gasteiger charge is -2.48. The molecule has 12 rings (SSSR count). The van der Waals surface area contributed by atoms with Crippen molar-refractivity contribution in [2.45, 2.75) is 38.5 Å². The highest BCUT2D eigenvalue weighted by atomic mass is 15.2. The van der Waals surface area contributed by atoms with E-state index in [-0.39, 0.29) is 10.8 Å². The summed E-state index contributed by atoms with van der Waals surface area (Å²) in [7, 11) is 0. The lowest BCUT2D eigenvalue weighted by atomic mass is 9.55. The summed E-state index contributed by atoms with van der Waals surface area (Å²) < 4.78 is 0. The number of benzene rings is 11. The molecule has 0 spiro atoms. The Bertz CT molecular complexity index is 3610. The second-order valence-electron chi connectivity index (χ2n) is 19.0. The highest BCUT2D eigenvalue weighted by Gasteiger charge is 2.46. The number of para-hydroxylation sites is 3. The summed E-state index contributed by atoms with van der Waals surface area (Å²) in [6.45, 7) is 9.67. The Kier molecular flexibility index (Phi) is 9.22. The monoisotopic (exact) mass is 846 g/mol. The van der Waals surface area contributed by atoms with Crippen molar-refractivity contribution in [3.63, 3.8) is 0 Å². The van der Waals surface area contributed by atoms with E-state index in [0.717, 1.165) is 34.1 Å². The maximum absolute atomic E-state index is 2.50. The average Bonchev–Trinajstić information content (AvgIpc) is 3.36. The van der Waals surface area contributed by atoms with Crippen molar-refractivity contribution in [3.05, 3.63) is 242 Å². The maximum Gasteiger partial charge on any atom is 0.0561 e. The minimum absolute atomic E-state index is 0.0989. The van der Waals surface area contributed by atoms with Crippen molar-refractivity contribution in [1.82, 2.24) is 0 Å². The summed E-state index contributed by atoms with van der Waals surface area (Å²) in [4.78, 5) is 4.90. The molecule has 1 aliphatic carbocycles. The molecule has 11 aromatic rings. The third kappa shape index (κ3) is 6.24. The molecule has 0 fully saturated rings. The number of hydrogen-bond acceptors (Lipinski definition) is 2. The van der Waals surface area contributed by atoms with E-state index < -0.39 is 0 Å². The summed E-state index contributed by atoms with van der Waals surface area (Å²) in [5.41, 5.74) is 14.2. The molecule has 0 heterocycles. The number of anilines is 6. The minimum Gasteiger partial charge on any atom is -0.310 e. The van der Waals surface area contributed by atoms with Gasteiger partial charge in [0.1, 0.15) is 0 Å². The van der Waals surface area contributed by atoms with Crippen LogP contribution in [0.5, 0.6) is 0 Å². The van der Waals surface area contributed by atoms with Gasteiger partial charge in [0.05, 0.1) is 5.69 Å². The van der Waals surface area contributed by atoms with Gasteiger partial charge in [0.15, 0.2) is 0 Å². The van der Waals surface area contributed by atoms with Crippen molar-refractivity contribution in [2.75, 3.05) is 9.80 Å². The molecular formula is C64H50N2. The molecule has 0 aromatic heterocycles. The fraction of sp³-hybridized carbons (Fsp3) is 0.0938. The molecule has 0 atom stereocenters. The van der Waals surface area contributed by atoms with Crippen LogP contribution in [0.1, 0.15) is 38.8 Å². The Balaban J connectivity index is 1.16. The smallest absolute Gasteiger partial charge is 0.0561 e. The van der Waals surface area contributed by atoms with Crippen molar-refractivity contribution >= 4 is 77.2 Å². The summed E-state index contributed by atoms with van der Waals surface area (Å²) in [6.07, 6.45) is 0. The second-order valence-corrected chi connectivity index (χ2v) is 19.0. The standard InChI is InChI=1S/C64H50N2/c1-63(2)60-31-19-18-30-54(60)55-37-35-49(41-61(55)64(63,3)4)66(48-25-12-7-13-26-48)62-42-50(65(46-21-8-5-9-22-46)47-23-10-6-11-24-47)40-59-56(62)36-34-43-32-33-45(39-57(43)59)58-38-44-20-14-15-27-51(44)52-28-16-17-29-53(52)58/h5-42H,1-4H3. The molecule has 316 valence electrons. The van der Waals surface area contributed by atoms with E-state index >= 15 is 0 Å². The Morgan fingerprint density at radius 2 is 0.833 bits per heavy atom. The predicted molar refractivity (Wildman–Crippen MR) is 283 cm³/mol. The molecule has 2 nitrogen and oxygen atoms in total. The SMILES string of the molecule is CC1(C)c2ccccc2-c2ccc(N(c3ccccc3)c3cc(N(c4ccccc4)c4ccccc4)cc4c3ccc3ccc(-c5cc6ccccc6c6ccccc56)cc34)cc2C1(C)C. The van der Waals surface area contributed by atoms with E-state index in [9.17, 15) is 0 Å². The van der Waals surface area contributed by atoms with Crippen LogP contribution in [0, 0.1) is 0 Å². The lowest BCUT2D eigenvalue weighted by molar-refractivity contribution is 0.299. The molecule has 0 unspecified atom stereocenters. The number of hydrogen-bond donors (Lipinski definition) is 0. The van der Waals surface area contributed by atoms with Crippen LogP contribution in [0.4, 0.5) is 34.1 Å². The van der Waals surface area contributed by atoms with E-state index in [1.165, 1.54) is 76.5 Å². The van der Waals surface area contributed by atoms with Gasteiger partial charge < -0.3 is 9.80 Å². The maximum atomic E-state index is 2.50. The Morgan fingerprint density at radius 1 is 0.273 bits per heavy atom. The van der Waals surface area contributed by atoms with Gasteiger partial charge in [-0.05, 0) is 155 Å². The Hall–Kier alpha value is -7.94. The fourth-order valence-corrected chi connectivity index (χ4v) is 10.9. The molecule has 0 N–H and O–H groups in total. The predicted octanol–water partition coefficient (Wildman–Crippen LogP) is 18.1. The first-order valence-electron chi connectivity index (χ1n) is 23.2. The molecule has 0 saturated carbocycles. The summed E-state index contributed by atoms with van der Waals surface area (Å²) in [5, 5.41) is 9.84. The molecule has 0 amide bonds. The third-order valence-corrected chi connectivity index (χ3v) is 14.9. The van der Waals surface area contributed by atoms with Gasteiger partial charge >= 0.3 is 0 Å². The summed E-state index contributed by atoms with van der Waals surface area (Å²) in [5.74, 6) is 0. The van der Waals surface area contributed by atoms with Crippen LogP contribution in [-0.4, -0.2) is 0 Å². The van der Waals surface area contributed by atoms with Gasteiger partial charge in [-0.3, -0.25) is 0 Å². The largest absolute Gasteiger partial charge is 0.310 e. The molecule has 1 aliphatic rings. The van der Waals surface area contributed by atoms with Crippen LogP contribution in [0.2, 0.25) is 0 Å². The fourth-order valence-electron chi connectivity index (χ4n) is 10.9. The molecule has 0 saturated heterocycles. The Morgan fingerprint density at radius 3 is 1.55 bits per heavy atom.